The lowest BCUT2D eigenvalue weighted by Gasteiger charge is -2.03. The quantitative estimate of drug-likeness (QED) is 0.421. The highest BCUT2D eigenvalue weighted by Gasteiger charge is 2.00. The van der Waals surface area contributed by atoms with Crippen molar-refractivity contribution in [2.75, 3.05) is 5.32 Å². The van der Waals surface area contributed by atoms with E-state index < -0.39 is 6.03 Å². The highest BCUT2D eigenvalue weighted by atomic mass is 127. The lowest BCUT2D eigenvalue weighted by molar-refractivity contribution is 0.252. The molecule has 0 aliphatic carbocycles. The van der Waals surface area contributed by atoms with E-state index in [4.69, 9.17) is 0 Å². The number of hydrogen-bond donors (Lipinski definition) is 3. The van der Waals surface area contributed by atoms with Crippen LogP contribution in [-0.2, 0) is 0 Å². The Bertz CT molecular complexity index is 674. The van der Waals surface area contributed by atoms with Crippen molar-refractivity contribution in [3.63, 3.8) is 0 Å². The van der Waals surface area contributed by atoms with Crippen molar-refractivity contribution >= 4 is 40.5 Å². The van der Waals surface area contributed by atoms with Crippen LogP contribution in [0.15, 0.2) is 47.6 Å². The Hall–Kier alpha value is -2.16. The summed E-state index contributed by atoms with van der Waals surface area (Å²) in [6.45, 7) is 0. The monoisotopic (exact) mass is 399 g/mol. The molecule has 0 saturated heterocycles. The first-order valence-electron chi connectivity index (χ1n) is 5.89. The van der Waals surface area contributed by atoms with E-state index >= 15 is 0 Å². The molecule has 2 aromatic rings. The number of nitrogens with one attached hydrogen (secondary N) is 2. The van der Waals surface area contributed by atoms with Crippen LogP contribution in [0.4, 0.5) is 14.9 Å². The van der Waals surface area contributed by atoms with E-state index in [1.807, 2.05) is 22.6 Å². The minimum Gasteiger partial charge on any atom is -0.507 e. The molecule has 5 nitrogen and oxygen atoms in total. The zero-order chi connectivity index (χ0) is 15.2. The summed E-state index contributed by atoms with van der Waals surface area (Å²) in [7, 11) is 0. The lowest BCUT2D eigenvalue weighted by atomic mass is 10.2. The zero-order valence-corrected chi connectivity index (χ0v) is 12.8. The van der Waals surface area contributed by atoms with E-state index in [1.165, 1.54) is 30.5 Å². The van der Waals surface area contributed by atoms with Gasteiger partial charge in [-0.25, -0.2) is 14.6 Å². The van der Waals surface area contributed by atoms with Gasteiger partial charge in [0.15, 0.2) is 0 Å². The van der Waals surface area contributed by atoms with Gasteiger partial charge < -0.3 is 10.4 Å². The van der Waals surface area contributed by atoms with E-state index in [0.29, 0.717) is 9.26 Å². The number of aromatic hydroxyl groups is 1. The van der Waals surface area contributed by atoms with Crippen molar-refractivity contribution in [2.24, 2.45) is 5.10 Å². The van der Waals surface area contributed by atoms with Crippen molar-refractivity contribution in [2.45, 2.75) is 0 Å². The molecule has 2 rings (SSSR count). The molecule has 0 bridgehead atoms. The summed E-state index contributed by atoms with van der Waals surface area (Å²) in [6.07, 6.45) is 1.45. The Morgan fingerprint density at radius 1 is 1.24 bits per heavy atom. The van der Waals surface area contributed by atoms with E-state index in [1.54, 1.807) is 18.2 Å². The highest BCUT2D eigenvalue weighted by molar-refractivity contribution is 14.1. The molecule has 108 valence electrons. The molecule has 0 heterocycles. The largest absolute Gasteiger partial charge is 0.507 e. The highest BCUT2D eigenvalue weighted by Crippen LogP contribution is 2.19. The van der Waals surface area contributed by atoms with Gasteiger partial charge in [-0.15, -0.1) is 0 Å². The van der Waals surface area contributed by atoms with Crippen LogP contribution in [0.5, 0.6) is 5.75 Å². The summed E-state index contributed by atoms with van der Waals surface area (Å²) in [5, 5.41) is 15.7. The predicted molar refractivity (Wildman–Crippen MR) is 87.0 cm³/mol. The summed E-state index contributed by atoms with van der Waals surface area (Å²) in [6, 6.07) is 9.78. The molecule has 7 heteroatoms. The molecule has 0 aliphatic heterocycles. The molecule has 0 unspecified atom stereocenters. The molecule has 0 saturated carbocycles. The van der Waals surface area contributed by atoms with Crippen LogP contribution in [0.1, 0.15) is 5.56 Å². The first-order valence-corrected chi connectivity index (χ1v) is 6.96. The number of carbonyl (C=O) groups excluding carboxylic acids is 1. The van der Waals surface area contributed by atoms with Gasteiger partial charge in [0, 0.05) is 5.69 Å². The van der Waals surface area contributed by atoms with Crippen molar-refractivity contribution in [3.8, 4) is 5.75 Å². The van der Waals surface area contributed by atoms with Gasteiger partial charge in [-0.1, -0.05) is 0 Å². The van der Waals surface area contributed by atoms with Crippen molar-refractivity contribution in [3.05, 3.63) is 57.4 Å². The third-order valence-corrected chi connectivity index (χ3v) is 3.32. The van der Waals surface area contributed by atoms with Gasteiger partial charge in [-0.05, 0) is 70.6 Å². The lowest BCUT2D eigenvalue weighted by Crippen LogP contribution is -2.24. The third kappa shape index (κ3) is 4.71. The maximum absolute atomic E-state index is 12.7. The zero-order valence-electron chi connectivity index (χ0n) is 10.7. The van der Waals surface area contributed by atoms with Crippen molar-refractivity contribution < 1.29 is 14.3 Å². The minimum absolute atomic E-state index is 0.190. The molecule has 2 amide bonds. The Labute approximate surface area is 134 Å². The molecule has 0 radical (unpaired) electrons. The number of rotatable bonds is 3. The Morgan fingerprint density at radius 3 is 2.62 bits per heavy atom. The topological polar surface area (TPSA) is 73.7 Å². The molecule has 3 N–H and O–H groups in total. The van der Waals surface area contributed by atoms with Crippen LogP contribution < -0.4 is 10.7 Å². The molecule has 0 aliphatic rings. The summed E-state index contributed by atoms with van der Waals surface area (Å²) in [5.41, 5.74) is 3.49. The van der Waals surface area contributed by atoms with Crippen LogP contribution in [-0.4, -0.2) is 17.4 Å². The number of carbonyl (C=O) groups is 1. The van der Waals surface area contributed by atoms with Gasteiger partial charge in [-0.3, -0.25) is 0 Å². The van der Waals surface area contributed by atoms with Crippen LogP contribution in [0, 0.1) is 9.39 Å². The van der Waals surface area contributed by atoms with Gasteiger partial charge in [0.1, 0.15) is 11.6 Å². The van der Waals surface area contributed by atoms with Gasteiger partial charge in [0.2, 0.25) is 0 Å². The standard InChI is InChI=1S/C14H11FIN3O2/c15-10-2-4-11(5-3-10)18-14(21)19-17-8-9-1-6-13(20)12(16)7-9/h1-8,20H,(H2,18,19,21)/b17-8+. The number of urea groups is 1. The number of phenolic OH excluding ortho intramolecular Hbond substituents is 1. The Balaban J connectivity index is 1.89. The van der Waals surface area contributed by atoms with Crippen molar-refractivity contribution in [1.82, 2.24) is 5.43 Å². The van der Waals surface area contributed by atoms with E-state index in [0.717, 1.165) is 5.56 Å². The number of anilines is 1. The van der Waals surface area contributed by atoms with E-state index in [-0.39, 0.29) is 11.6 Å². The van der Waals surface area contributed by atoms with E-state index in [9.17, 15) is 14.3 Å². The third-order valence-electron chi connectivity index (χ3n) is 2.45. The number of nitrogens with zero attached hydrogens (tertiary/aromatic N) is 1. The molecule has 2 aromatic carbocycles. The number of amides is 2. The van der Waals surface area contributed by atoms with E-state index in [2.05, 4.69) is 15.8 Å². The fraction of sp³-hybridized carbons (Fsp3) is 0. The first kappa shape index (κ1) is 15.2. The number of halogens is 2. The first-order chi connectivity index (χ1) is 10.0. The molecular weight excluding hydrogens is 388 g/mol. The SMILES string of the molecule is O=C(N/N=C/c1ccc(O)c(I)c1)Nc1ccc(F)cc1. The van der Waals surface area contributed by atoms with Crippen molar-refractivity contribution in [1.29, 1.82) is 0 Å². The Kier molecular flexibility index (Phi) is 5.09. The van der Waals surface area contributed by atoms with Gasteiger partial charge in [0.25, 0.3) is 0 Å². The summed E-state index contributed by atoms with van der Waals surface area (Å²) >= 11 is 1.99. The average Bonchev–Trinajstić information content (AvgIpc) is 2.45. The molecule has 0 spiro atoms. The summed E-state index contributed by atoms with van der Waals surface area (Å²) in [4.78, 5) is 11.5. The van der Waals surface area contributed by atoms with Crippen LogP contribution >= 0.6 is 22.6 Å². The average molecular weight is 399 g/mol. The van der Waals surface area contributed by atoms with Crippen LogP contribution in [0.3, 0.4) is 0 Å². The van der Waals surface area contributed by atoms with Gasteiger partial charge >= 0.3 is 6.03 Å². The van der Waals surface area contributed by atoms with Gasteiger partial charge in [-0.2, -0.15) is 5.10 Å². The molecular formula is C14H11FIN3O2. The second kappa shape index (κ2) is 7.02. The number of hydrazone groups is 1. The molecule has 0 atom stereocenters. The summed E-state index contributed by atoms with van der Waals surface area (Å²) < 4.78 is 13.4. The van der Waals surface area contributed by atoms with Gasteiger partial charge in [0.05, 0.1) is 9.78 Å². The predicted octanol–water partition coefficient (Wildman–Crippen LogP) is 3.29. The molecule has 0 aromatic heterocycles. The number of benzene rings is 2. The fourth-order valence-corrected chi connectivity index (χ4v) is 2.00. The second-order valence-corrected chi connectivity index (χ2v) is 5.20. The normalized spacial score (nSPS) is 10.6. The fourth-order valence-electron chi connectivity index (χ4n) is 1.46. The number of hydrogen-bond acceptors (Lipinski definition) is 3. The van der Waals surface area contributed by atoms with Crippen LogP contribution in [0.25, 0.3) is 0 Å². The minimum atomic E-state index is -0.536. The summed E-state index contributed by atoms with van der Waals surface area (Å²) in [5.74, 6) is -0.185. The maximum Gasteiger partial charge on any atom is 0.339 e. The van der Waals surface area contributed by atoms with Crippen LogP contribution in [0.2, 0.25) is 0 Å². The Morgan fingerprint density at radius 2 is 1.95 bits per heavy atom. The smallest absolute Gasteiger partial charge is 0.339 e. The molecule has 21 heavy (non-hydrogen) atoms. The second-order valence-electron chi connectivity index (χ2n) is 4.04. The molecule has 0 fully saturated rings. The maximum atomic E-state index is 12.7. The number of phenols is 1.